The normalized spacial score (nSPS) is 10.5. The minimum Gasteiger partial charge on any atom is -0.365 e. The van der Waals surface area contributed by atoms with E-state index < -0.39 is 0 Å². The van der Waals surface area contributed by atoms with Gasteiger partial charge in [-0.2, -0.15) is 5.10 Å². The molecule has 4 heteroatoms. The summed E-state index contributed by atoms with van der Waals surface area (Å²) in [6.07, 6.45) is 1.98. The van der Waals surface area contributed by atoms with E-state index in [1.165, 1.54) is 11.1 Å². The predicted octanol–water partition coefficient (Wildman–Crippen LogP) is 3.59. The van der Waals surface area contributed by atoms with Crippen molar-refractivity contribution in [3.8, 4) is 0 Å². The van der Waals surface area contributed by atoms with Gasteiger partial charge < -0.3 is 5.32 Å². The quantitative estimate of drug-likeness (QED) is 0.934. The number of benzene rings is 1. The molecule has 0 aliphatic heterocycles. The van der Waals surface area contributed by atoms with Crippen molar-refractivity contribution in [2.24, 2.45) is 0 Å². The molecule has 0 amide bonds. The van der Waals surface area contributed by atoms with Crippen molar-refractivity contribution in [2.75, 3.05) is 5.32 Å². The van der Waals surface area contributed by atoms with E-state index in [9.17, 15) is 0 Å². The molecule has 1 heterocycles. The number of nitrogens with zero attached hydrogens (tertiary/aromatic N) is 2. The molecule has 0 spiro atoms. The van der Waals surface area contributed by atoms with E-state index in [0.29, 0.717) is 0 Å². The molecule has 0 atom stereocenters. The van der Waals surface area contributed by atoms with Crippen LogP contribution in [-0.2, 0) is 13.1 Å². The Labute approximate surface area is 110 Å². The zero-order chi connectivity index (χ0) is 12.3. The Balaban J connectivity index is 1.99. The third-order valence-corrected chi connectivity index (χ3v) is 3.55. The second-order valence-corrected chi connectivity index (χ2v) is 4.85. The van der Waals surface area contributed by atoms with Gasteiger partial charge in [-0.1, -0.05) is 28.1 Å². The van der Waals surface area contributed by atoms with Gasteiger partial charge in [0.1, 0.15) is 5.82 Å². The number of hydrogen-bond donors (Lipinski definition) is 1. The second kappa shape index (κ2) is 5.36. The first-order chi connectivity index (χ1) is 8.19. The van der Waals surface area contributed by atoms with Gasteiger partial charge >= 0.3 is 0 Å². The molecular formula is C13H16BrN3. The molecular weight excluding hydrogens is 278 g/mol. The van der Waals surface area contributed by atoms with Gasteiger partial charge in [0.05, 0.1) is 0 Å². The Kier molecular flexibility index (Phi) is 3.84. The number of anilines is 1. The number of halogens is 1. The van der Waals surface area contributed by atoms with Gasteiger partial charge in [0, 0.05) is 29.8 Å². The molecule has 1 aromatic carbocycles. The monoisotopic (exact) mass is 293 g/mol. The van der Waals surface area contributed by atoms with Gasteiger partial charge in [-0.05, 0) is 31.0 Å². The molecule has 2 aromatic rings. The fourth-order valence-electron chi connectivity index (χ4n) is 1.64. The summed E-state index contributed by atoms with van der Waals surface area (Å²) < 4.78 is 3.06. The van der Waals surface area contributed by atoms with Gasteiger partial charge in [-0.15, -0.1) is 0 Å². The van der Waals surface area contributed by atoms with Crippen LogP contribution in [-0.4, -0.2) is 9.78 Å². The average molecular weight is 294 g/mol. The molecule has 0 aliphatic carbocycles. The van der Waals surface area contributed by atoms with Crippen molar-refractivity contribution in [1.29, 1.82) is 0 Å². The van der Waals surface area contributed by atoms with Crippen molar-refractivity contribution < 1.29 is 0 Å². The fourth-order valence-corrected chi connectivity index (χ4v) is 1.89. The summed E-state index contributed by atoms with van der Waals surface area (Å²) in [5.74, 6) is 0.924. The maximum atomic E-state index is 4.38. The first-order valence-corrected chi connectivity index (χ1v) is 6.50. The molecule has 0 radical (unpaired) electrons. The molecule has 17 heavy (non-hydrogen) atoms. The van der Waals surface area contributed by atoms with Crippen LogP contribution in [0.2, 0.25) is 0 Å². The molecule has 2 rings (SSSR count). The summed E-state index contributed by atoms with van der Waals surface area (Å²) >= 11 is 3.50. The molecule has 0 bridgehead atoms. The third-order valence-electron chi connectivity index (χ3n) is 2.66. The lowest BCUT2D eigenvalue weighted by atomic mass is 10.1. The Hall–Kier alpha value is -1.29. The lowest BCUT2D eigenvalue weighted by Gasteiger charge is -2.05. The molecule has 0 fully saturated rings. The largest absolute Gasteiger partial charge is 0.365 e. The third kappa shape index (κ3) is 3.09. The highest BCUT2D eigenvalue weighted by molar-refractivity contribution is 9.10. The lowest BCUT2D eigenvalue weighted by molar-refractivity contribution is 0.661. The molecule has 0 saturated carbocycles. The van der Waals surface area contributed by atoms with Crippen molar-refractivity contribution in [3.63, 3.8) is 0 Å². The summed E-state index contributed by atoms with van der Waals surface area (Å²) in [6.45, 7) is 5.88. The number of aromatic nitrogens is 2. The van der Waals surface area contributed by atoms with Gasteiger partial charge in [-0.25, -0.2) is 0 Å². The highest BCUT2D eigenvalue weighted by atomic mass is 79.9. The summed E-state index contributed by atoms with van der Waals surface area (Å²) in [5, 5.41) is 7.70. The van der Waals surface area contributed by atoms with Gasteiger partial charge in [0.15, 0.2) is 0 Å². The number of rotatable bonds is 4. The van der Waals surface area contributed by atoms with E-state index in [2.05, 4.69) is 58.4 Å². The van der Waals surface area contributed by atoms with Crippen LogP contribution in [0.3, 0.4) is 0 Å². The summed E-state index contributed by atoms with van der Waals surface area (Å²) in [5.41, 5.74) is 2.51. The molecule has 0 aliphatic rings. The Bertz CT molecular complexity index is 505. The van der Waals surface area contributed by atoms with E-state index in [1.807, 2.05) is 16.9 Å². The zero-order valence-electron chi connectivity index (χ0n) is 10.1. The van der Waals surface area contributed by atoms with Gasteiger partial charge in [0.2, 0.25) is 0 Å². The average Bonchev–Trinajstić information content (AvgIpc) is 2.79. The fraction of sp³-hybridized carbons (Fsp3) is 0.308. The summed E-state index contributed by atoms with van der Waals surface area (Å²) in [6, 6.07) is 8.36. The van der Waals surface area contributed by atoms with Crippen molar-refractivity contribution in [3.05, 3.63) is 46.1 Å². The highest BCUT2D eigenvalue weighted by Gasteiger charge is 1.99. The lowest BCUT2D eigenvalue weighted by Crippen LogP contribution is -2.02. The van der Waals surface area contributed by atoms with E-state index in [4.69, 9.17) is 0 Å². The first-order valence-electron chi connectivity index (χ1n) is 5.71. The zero-order valence-corrected chi connectivity index (χ0v) is 11.7. The van der Waals surface area contributed by atoms with Crippen LogP contribution in [0.1, 0.15) is 18.1 Å². The number of aryl methyl sites for hydroxylation is 2. The molecule has 1 N–H and O–H groups in total. The van der Waals surface area contributed by atoms with Gasteiger partial charge in [0.25, 0.3) is 0 Å². The van der Waals surface area contributed by atoms with Crippen LogP contribution >= 0.6 is 15.9 Å². The number of hydrogen-bond acceptors (Lipinski definition) is 2. The van der Waals surface area contributed by atoms with E-state index >= 15 is 0 Å². The van der Waals surface area contributed by atoms with Crippen LogP contribution in [0.5, 0.6) is 0 Å². The maximum Gasteiger partial charge on any atom is 0.148 e. The maximum absolute atomic E-state index is 4.38. The Morgan fingerprint density at radius 2 is 2.18 bits per heavy atom. The van der Waals surface area contributed by atoms with E-state index in [1.54, 1.807) is 0 Å². The first kappa shape index (κ1) is 12.2. The van der Waals surface area contributed by atoms with E-state index in [-0.39, 0.29) is 0 Å². The van der Waals surface area contributed by atoms with Crippen LogP contribution in [0.15, 0.2) is 34.9 Å². The minimum atomic E-state index is 0.800. The Morgan fingerprint density at radius 3 is 2.82 bits per heavy atom. The van der Waals surface area contributed by atoms with Crippen LogP contribution in [0, 0.1) is 6.92 Å². The highest BCUT2D eigenvalue weighted by Crippen LogP contribution is 2.17. The number of nitrogens with one attached hydrogen (secondary N) is 1. The SMILES string of the molecule is CCn1ccc(NCc2ccc(Br)c(C)c2)n1. The van der Waals surface area contributed by atoms with Crippen molar-refractivity contribution in [2.45, 2.75) is 26.9 Å². The smallest absolute Gasteiger partial charge is 0.148 e. The Morgan fingerprint density at radius 1 is 1.35 bits per heavy atom. The summed E-state index contributed by atoms with van der Waals surface area (Å²) in [4.78, 5) is 0. The van der Waals surface area contributed by atoms with Crippen LogP contribution in [0.4, 0.5) is 5.82 Å². The second-order valence-electron chi connectivity index (χ2n) is 3.99. The molecule has 90 valence electrons. The van der Waals surface area contributed by atoms with E-state index in [0.717, 1.165) is 23.4 Å². The van der Waals surface area contributed by atoms with Crippen LogP contribution < -0.4 is 5.32 Å². The summed E-state index contributed by atoms with van der Waals surface area (Å²) in [7, 11) is 0. The standard InChI is InChI=1S/C13H16BrN3/c1-3-17-7-6-13(16-17)15-9-11-4-5-12(14)10(2)8-11/h4-8H,3,9H2,1-2H3,(H,15,16). The van der Waals surface area contributed by atoms with Crippen molar-refractivity contribution >= 4 is 21.7 Å². The predicted molar refractivity (Wildman–Crippen MR) is 74.1 cm³/mol. The molecule has 3 nitrogen and oxygen atoms in total. The molecule has 1 aromatic heterocycles. The van der Waals surface area contributed by atoms with Crippen LogP contribution in [0.25, 0.3) is 0 Å². The topological polar surface area (TPSA) is 29.9 Å². The van der Waals surface area contributed by atoms with Gasteiger partial charge in [-0.3, -0.25) is 4.68 Å². The van der Waals surface area contributed by atoms with Crippen molar-refractivity contribution in [1.82, 2.24) is 9.78 Å². The molecule has 0 saturated heterocycles. The minimum absolute atomic E-state index is 0.800. The molecule has 0 unspecified atom stereocenters.